The molecule has 1 saturated heterocycles. The molecule has 21 heavy (non-hydrogen) atoms. The first-order valence-electron chi connectivity index (χ1n) is 6.78. The third-order valence-electron chi connectivity index (χ3n) is 3.27. The van der Waals surface area contributed by atoms with Crippen LogP contribution < -0.4 is 4.74 Å². The van der Waals surface area contributed by atoms with Crippen molar-refractivity contribution in [3.8, 4) is 5.75 Å². The Kier molecular flexibility index (Phi) is 5.12. The maximum Gasteiger partial charge on any atom is 0.327 e. The first kappa shape index (κ1) is 15.7. The number of hydrogen-bond acceptors (Lipinski definition) is 4. The van der Waals surface area contributed by atoms with Crippen LogP contribution in [0.15, 0.2) is 18.2 Å². The molecule has 114 valence electrons. The Morgan fingerprint density at radius 2 is 2.00 bits per heavy atom. The van der Waals surface area contributed by atoms with Crippen LogP contribution in [-0.4, -0.2) is 46.2 Å². The van der Waals surface area contributed by atoms with E-state index in [0.717, 1.165) is 16.9 Å². The van der Waals surface area contributed by atoms with Crippen LogP contribution in [0.4, 0.5) is 0 Å². The van der Waals surface area contributed by atoms with Gasteiger partial charge in [-0.15, -0.1) is 11.8 Å². The lowest BCUT2D eigenvalue weighted by Gasteiger charge is -2.20. The van der Waals surface area contributed by atoms with Gasteiger partial charge in [0.15, 0.2) is 0 Å². The fraction of sp³-hybridized carbons (Fsp3) is 0.467. The van der Waals surface area contributed by atoms with Gasteiger partial charge in [0.05, 0.1) is 18.9 Å². The number of aryl methyl sites for hydroxylation is 2. The fourth-order valence-electron chi connectivity index (χ4n) is 2.31. The highest BCUT2D eigenvalue weighted by atomic mass is 32.2. The summed E-state index contributed by atoms with van der Waals surface area (Å²) in [5, 5.41) is 9.06. The van der Waals surface area contributed by atoms with E-state index in [0.29, 0.717) is 11.6 Å². The van der Waals surface area contributed by atoms with Crippen LogP contribution in [0.5, 0.6) is 5.75 Å². The Labute approximate surface area is 128 Å². The monoisotopic (exact) mass is 309 g/mol. The number of thioether (sulfide) groups is 1. The van der Waals surface area contributed by atoms with Crippen molar-refractivity contribution in [3.05, 3.63) is 29.3 Å². The first-order valence-corrected chi connectivity index (χ1v) is 7.94. The molecule has 1 unspecified atom stereocenters. The van der Waals surface area contributed by atoms with Crippen molar-refractivity contribution in [2.75, 3.05) is 18.2 Å². The summed E-state index contributed by atoms with van der Waals surface area (Å²) in [6.45, 7) is 4.24. The zero-order valence-corrected chi connectivity index (χ0v) is 13.0. The Hall–Kier alpha value is -1.69. The molecule has 0 aliphatic carbocycles. The number of hydrogen-bond donors (Lipinski definition) is 1. The van der Waals surface area contributed by atoms with E-state index in [9.17, 15) is 9.59 Å². The van der Waals surface area contributed by atoms with Crippen LogP contribution in [0, 0.1) is 13.8 Å². The summed E-state index contributed by atoms with van der Waals surface area (Å²) in [6, 6.07) is 5.19. The van der Waals surface area contributed by atoms with Crippen molar-refractivity contribution in [2.45, 2.75) is 26.3 Å². The van der Waals surface area contributed by atoms with Gasteiger partial charge in [0.25, 0.3) is 0 Å². The summed E-state index contributed by atoms with van der Waals surface area (Å²) in [5.41, 5.74) is 2.22. The lowest BCUT2D eigenvalue weighted by Crippen LogP contribution is -2.42. The number of carbonyl (C=O) groups excluding carboxylic acids is 1. The van der Waals surface area contributed by atoms with Crippen LogP contribution in [0.1, 0.15) is 17.5 Å². The largest absolute Gasteiger partial charge is 0.493 e. The second kappa shape index (κ2) is 6.85. The van der Waals surface area contributed by atoms with Gasteiger partial charge >= 0.3 is 5.97 Å². The SMILES string of the molecule is Cc1cc(C)cc(OCCC(=O)N2CSCC2C(=O)O)c1. The minimum absolute atomic E-state index is 0.170. The average Bonchev–Trinajstić information content (AvgIpc) is 2.86. The molecule has 1 heterocycles. The van der Waals surface area contributed by atoms with Crippen molar-refractivity contribution in [1.29, 1.82) is 0 Å². The Bertz CT molecular complexity index is 526. The molecular formula is C15H19NO4S. The first-order chi connectivity index (χ1) is 9.97. The Morgan fingerprint density at radius 3 is 2.62 bits per heavy atom. The number of rotatable bonds is 5. The van der Waals surface area contributed by atoms with E-state index < -0.39 is 12.0 Å². The summed E-state index contributed by atoms with van der Waals surface area (Å²) in [7, 11) is 0. The number of carbonyl (C=O) groups is 2. The maximum atomic E-state index is 12.1. The summed E-state index contributed by atoms with van der Waals surface area (Å²) in [6.07, 6.45) is 0.192. The van der Waals surface area contributed by atoms with E-state index in [1.54, 1.807) is 0 Å². The minimum atomic E-state index is -0.941. The van der Waals surface area contributed by atoms with E-state index >= 15 is 0 Å². The van der Waals surface area contributed by atoms with Gasteiger partial charge in [-0.05, 0) is 37.1 Å². The van der Waals surface area contributed by atoms with E-state index in [-0.39, 0.29) is 18.9 Å². The molecule has 1 aliphatic heterocycles. The van der Waals surface area contributed by atoms with Gasteiger partial charge in [0.2, 0.25) is 5.91 Å². The number of ether oxygens (including phenoxy) is 1. The van der Waals surface area contributed by atoms with Crippen molar-refractivity contribution in [1.82, 2.24) is 4.90 Å². The zero-order valence-electron chi connectivity index (χ0n) is 12.2. The highest BCUT2D eigenvalue weighted by Gasteiger charge is 2.34. The number of benzene rings is 1. The van der Waals surface area contributed by atoms with Gasteiger partial charge < -0.3 is 14.7 Å². The highest BCUT2D eigenvalue weighted by Crippen LogP contribution is 2.22. The molecule has 1 aromatic carbocycles. The molecule has 5 nitrogen and oxygen atoms in total. The average molecular weight is 309 g/mol. The van der Waals surface area contributed by atoms with Crippen LogP contribution >= 0.6 is 11.8 Å². The molecule has 2 rings (SSSR count). The lowest BCUT2D eigenvalue weighted by molar-refractivity contribution is -0.147. The summed E-state index contributed by atoms with van der Waals surface area (Å²) >= 11 is 1.46. The molecule has 0 saturated carbocycles. The lowest BCUT2D eigenvalue weighted by atomic mass is 10.1. The van der Waals surface area contributed by atoms with Crippen molar-refractivity contribution in [3.63, 3.8) is 0 Å². The molecule has 1 fully saturated rings. The van der Waals surface area contributed by atoms with Crippen LogP contribution in [0.2, 0.25) is 0 Å². The maximum absolute atomic E-state index is 12.1. The number of aliphatic carboxylic acids is 1. The van der Waals surface area contributed by atoms with E-state index in [1.165, 1.54) is 16.7 Å². The standard InChI is InChI=1S/C15H19NO4S/c1-10-5-11(2)7-12(6-10)20-4-3-14(17)16-9-21-8-13(16)15(18)19/h5-7,13H,3-4,8-9H2,1-2H3,(H,18,19). The molecule has 1 aliphatic rings. The van der Waals surface area contributed by atoms with E-state index in [1.807, 2.05) is 26.0 Å². The normalized spacial score (nSPS) is 17.8. The molecule has 1 amide bonds. The van der Waals surface area contributed by atoms with Gasteiger partial charge in [0.1, 0.15) is 11.8 Å². The molecule has 0 radical (unpaired) electrons. The number of carboxylic acids is 1. The molecule has 1 aromatic rings. The summed E-state index contributed by atoms with van der Waals surface area (Å²) in [4.78, 5) is 24.5. The second-order valence-corrected chi connectivity index (χ2v) is 6.14. The van der Waals surface area contributed by atoms with Gasteiger partial charge in [0, 0.05) is 5.75 Å². The van der Waals surface area contributed by atoms with Gasteiger partial charge in [-0.2, -0.15) is 0 Å². The summed E-state index contributed by atoms with van der Waals surface area (Å²) < 4.78 is 5.59. The van der Waals surface area contributed by atoms with Gasteiger partial charge in [-0.1, -0.05) is 6.07 Å². The van der Waals surface area contributed by atoms with Gasteiger partial charge in [-0.25, -0.2) is 4.79 Å². The molecular weight excluding hydrogens is 290 g/mol. The number of carboxylic acid groups (broad SMARTS) is 1. The molecule has 0 aromatic heterocycles. The van der Waals surface area contributed by atoms with Crippen molar-refractivity contribution < 1.29 is 19.4 Å². The number of amides is 1. The fourth-order valence-corrected chi connectivity index (χ4v) is 3.48. The van der Waals surface area contributed by atoms with E-state index in [2.05, 4.69) is 6.07 Å². The van der Waals surface area contributed by atoms with Crippen LogP contribution in [-0.2, 0) is 9.59 Å². The highest BCUT2D eigenvalue weighted by molar-refractivity contribution is 7.99. The van der Waals surface area contributed by atoms with Crippen molar-refractivity contribution in [2.24, 2.45) is 0 Å². The topological polar surface area (TPSA) is 66.8 Å². The molecule has 1 N–H and O–H groups in total. The Balaban J connectivity index is 1.85. The molecule has 0 bridgehead atoms. The molecule has 1 atom stereocenters. The predicted octanol–water partition coefficient (Wildman–Crippen LogP) is 2.06. The quantitative estimate of drug-likeness (QED) is 0.902. The van der Waals surface area contributed by atoms with Crippen LogP contribution in [0.25, 0.3) is 0 Å². The second-order valence-electron chi connectivity index (χ2n) is 5.14. The Morgan fingerprint density at radius 1 is 1.33 bits per heavy atom. The summed E-state index contributed by atoms with van der Waals surface area (Å²) in [5.74, 6) is 0.532. The predicted molar refractivity (Wildman–Crippen MR) is 81.6 cm³/mol. The zero-order chi connectivity index (χ0) is 15.4. The third kappa shape index (κ3) is 4.14. The van der Waals surface area contributed by atoms with E-state index in [4.69, 9.17) is 9.84 Å². The third-order valence-corrected chi connectivity index (χ3v) is 4.28. The smallest absolute Gasteiger partial charge is 0.327 e. The van der Waals surface area contributed by atoms with Gasteiger partial charge in [-0.3, -0.25) is 4.79 Å². The van der Waals surface area contributed by atoms with Crippen molar-refractivity contribution >= 4 is 23.6 Å². The molecule has 6 heteroatoms. The molecule has 0 spiro atoms. The minimum Gasteiger partial charge on any atom is -0.493 e. The van der Waals surface area contributed by atoms with Crippen LogP contribution in [0.3, 0.4) is 0 Å². The number of nitrogens with zero attached hydrogens (tertiary/aromatic N) is 1.